The first-order valence-electron chi connectivity index (χ1n) is 5.67. The number of benzene rings is 1. The van der Waals surface area contributed by atoms with E-state index in [0.717, 1.165) is 18.2 Å². The lowest BCUT2D eigenvalue weighted by atomic mass is 10.2. The summed E-state index contributed by atoms with van der Waals surface area (Å²) in [4.78, 5) is -0.234. The van der Waals surface area contributed by atoms with Crippen LogP contribution >= 0.6 is 12.2 Å². The Morgan fingerprint density at radius 1 is 1.33 bits per heavy atom. The van der Waals surface area contributed by atoms with Gasteiger partial charge in [-0.3, -0.25) is 4.72 Å². The Bertz CT molecular complexity index is 630. The first kappa shape index (κ1) is 17.6. The number of alkyl halides is 3. The van der Waals surface area contributed by atoms with Gasteiger partial charge in [0.2, 0.25) is 10.0 Å². The smallest absolute Gasteiger partial charge is 0.389 e. The van der Waals surface area contributed by atoms with Gasteiger partial charge in [0.05, 0.1) is 11.4 Å². The maximum Gasteiger partial charge on any atom is 0.389 e. The van der Waals surface area contributed by atoms with Gasteiger partial charge in [0, 0.05) is 12.0 Å². The van der Waals surface area contributed by atoms with Gasteiger partial charge in [-0.15, -0.1) is 0 Å². The molecule has 0 amide bonds. The molecule has 118 valence electrons. The number of hydrogen-bond donors (Lipinski definition) is 2. The van der Waals surface area contributed by atoms with E-state index in [9.17, 15) is 26.0 Å². The van der Waals surface area contributed by atoms with E-state index in [4.69, 9.17) is 5.73 Å². The van der Waals surface area contributed by atoms with Crippen molar-refractivity contribution in [3.63, 3.8) is 0 Å². The lowest BCUT2D eigenvalue weighted by Gasteiger charge is -2.12. The molecule has 0 aliphatic carbocycles. The van der Waals surface area contributed by atoms with Gasteiger partial charge in [0.15, 0.2) is 0 Å². The monoisotopic (exact) mass is 344 g/mol. The zero-order valence-corrected chi connectivity index (χ0v) is 12.2. The Hall–Kier alpha value is -1.42. The number of nitrogens with one attached hydrogen (secondary N) is 1. The molecule has 0 saturated heterocycles. The highest BCUT2D eigenvalue weighted by Gasteiger charge is 2.27. The van der Waals surface area contributed by atoms with Crippen LogP contribution in [0, 0.1) is 5.82 Å². The molecule has 3 N–H and O–H groups in total. The molecular weight excluding hydrogens is 332 g/mol. The maximum atomic E-state index is 13.1. The molecule has 1 aromatic rings. The molecule has 1 aromatic carbocycles. The standard InChI is InChI=1S/C11H12F4N2O2S2/c12-7-2-3-9(8(6-7)10(16)20)17-21(18,19)5-1-4-11(13,14)15/h2-3,6,17H,1,4-5H2,(H2,16,20). The number of hydrogen-bond acceptors (Lipinski definition) is 3. The number of halogens is 4. The molecule has 10 heteroatoms. The van der Waals surface area contributed by atoms with Gasteiger partial charge >= 0.3 is 6.18 Å². The number of nitrogens with two attached hydrogens (primary N) is 1. The lowest BCUT2D eigenvalue weighted by molar-refractivity contribution is -0.134. The summed E-state index contributed by atoms with van der Waals surface area (Å²) in [5.74, 6) is -1.39. The van der Waals surface area contributed by atoms with Crippen LogP contribution in [0.25, 0.3) is 0 Å². The summed E-state index contributed by atoms with van der Waals surface area (Å²) in [5, 5.41) is 0. The fourth-order valence-corrected chi connectivity index (χ4v) is 2.80. The minimum Gasteiger partial charge on any atom is -0.389 e. The van der Waals surface area contributed by atoms with Crippen LogP contribution in [0.15, 0.2) is 18.2 Å². The first-order valence-corrected chi connectivity index (χ1v) is 7.73. The summed E-state index contributed by atoms with van der Waals surface area (Å²) in [6, 6.07) is 3.02. The second-order valence-electron chi connectivity index (χ2n) is 4.19. The van der Waals surface area contributed by atoms with Gasteiger partial charge < -0.3 is 5.73 Å². The largest absolute Gasteiger partial charge is 0.389 e. The van der Waals surface area contributed by atoms with Crippen molar-refractivity contribution in [1.82, 2.24) is 0 Å². The van der Waals surface area contributed by atoms with Gasteiger partial charge in [-0.2, -0.15) is 13.2 Å². The summed E-state index contributed by atoms with van der Waals surface area (Å²) in [6.45, 7) is 0. The van der Waals surface area contributed by atoms with E-state index in [0.29, 0.717) is 0 Å². The molecule has 0 unspecified atom stereocenters. The Kier molecular flexibility index (Phi) is 5.51. The SMILES string of the molecule is NC(=S)c1cc(F)ccc1NS(=O)(=O)CCCC(F)(F)F. The Morgan fingerprint density at radius 3 is 2.48 bits per heavy atom. The molecule has 0 heterocycles. The van der Waals surface area contributed by atoms with E-state index < -0.39 is 40.6 Å². The minimum absolute atomic E-state index is 0.0376. The molecule has 0 bridgehead atoms. The van der Waals surface area contributed by atoms with Crippen LogP contribution in [0.5, 0.6) is 0 Å². The summed E-state index contributed by atoms with van der Waals surface area (Å²) < 4.78 is 74.4. The van der Waals surface area contributed by atoms with Crippen LogP contribution in [0.1, 0.15) is 18.4 Å². The fraction of sp³-hybridized carbons (Fsp3) is 0.364. The molecule has 1 rings (SSSR count). The zero-order valence-electron chi connectivity index (χ0n) is 10.6. The van der Waals surface area contributed by atoms with Crippen LogP contribution in [0.3, 0.4) is 0 Å². The molecule has 0 aromatic heterocycles. The quantitative estimate of drug-likeness (QED) is 0.614. The van der Waals surface area contributed by atoms with E-state index in [2.05, 4.69) is 16.9 Å². The molecule has 0 atom stereocenters. The van der Waals surface area contributed by atoms with Crippen molar-refractivity contribution in [3.8, 4) is 0 Å². The average Bonchev–Trinajstić information content (AvgIpc) is 2.28. The zero-order chi connectivity index (χ0) is 16.3. The van der Waals surface area contributed by atoms with E-state index >= 15 is 0 Å². The van der Waals surface area contributed by atoms with Crippen molar-refractivity contribution < 1.29 is 26.0 Å². The summed E-state index contributed by atoms with van der Waals surface area (Å²) in [6.07, 6.45) is -6.21. The van der Waals surface area contributed by atoms with Crippen LogP contribution < -0.4 is 10.5 Å². The third-order valence-electron chi connectivity index (χ3n) is 2.39. The Labute approximate surface area is 124 Å². The normalized spacial score (nSPS) is 12.2. The van der Waals surface area contributed by atoms with Gasteiger partial charge in [0.1, 0.15) is 10.8 Å². The third-order valence-corrected chi connectivity index (χ3v) is 3.96. The Morgan fingerprint density at radius 2 is 1.95 bits per heavy atom. The van der Waals surface area contributed by atoms with Gasteiger partial charge in [-0.25, -0.2) is 12.8 Å². The van der Waals surface area contributed by atoms with Crippen molar-refractivity contribution in [3.05, 3.63) is 29.6 Å². The maximum absolute atomic E-state index is 13.1. The first-order chi connectivity index (χ1) is 9.50. The van der Waals surface area contributed by atoms with Crippen molar-refractivity contribution in [2.45, 2.75) is 19.0 Å². The molecule has 0 fully saturated rings. The second-order valence-corrected chi connectivity index (χ2v) is 6.48. The average molecular weight is 344 g/mol. The van der Waals surface area contributed by atoms with Crippen molar-refractivity contribution in [2.24, 2.45) is 5.73 Å². The predicted molar refractivity (Wildman–Crippen MR) is 75.0 cm³/mol. The van der Waals surface area contributed by atoms with Crippen LogP contribution in [0.4, 0.5) is 23.2 Å². The van der Waals surface area contributed by atoms with E-state index in [1.54, 1.807) is 0 Å². The summed E-state index contributed by atoms with van der Waals surface area (Å²) in [5.41, 5.74) is 5.23. The van der Waals surface area contributed by atoms with Gasteiger partial charge in [-0.1, -0.05) is 12.2 Å². The van der Waals surface area contributed by atoms with Crippen LogP contribution in [-0.4, -0.2) is 25.3 Å². The highest BCUT2D eigenvalue weighted by Crippen LogP contribution is 2.23. The van der Waals surface area contributed by atoms with E-state index in [1.165, 1.54) is 0 Å². The van der Waals surface area contributed by atoms with Crippen LogP contribution in [0.2, 0.25) is 0 Å². The molecular formula is C11H12F4N2O2S2. The van der Waals surface area contributed by atoms with Crippen molar-refractivity contribution in [2.75, 3.05) is 10.5 Å². The van der Waals surface area contributed by atoms with E-state index in [1.807, 2.05) is 0 Å². The topological polar surface area (TPSA) is 72.2 Å². The van der Waals surface area contributed by atoms with E-state index in [-0.39, 0.29) is 16.2 Å². The van der Waals surface area contributed by atoms with Gasteiger partial charge in [-0.05, 0) is 24.6 Å². The molecule has 0 spiro atoms. The molecule has 0 aliphatic rings. The van der Waals surface area contributed by atoms with Crippen molar-refractivity contribution in [1.29, 1.82) is 0 Å². The summed E-state index contributed by atoms with van der Waals surface area (Å²) in [7, 11) is -4.01. The Balaban J connectivity index is 2.83. The minimum atomic E-state index is -4.42. The lowest BCUT2D eigenvalue weighted by Crippen LogP contribution is -2.21. The van der Waals surface area contributed by atoms with Gasteiger partial charge in [0.25, 0.3) is 0 Å². The molecule has 4 nitrogen and oxygen atoms in total. The molecule has 0 radical (unpaired) electrons. The number of anilines is 1. The third kappa shape index (κ3) is 6.25. The molecule has 0 aliphatic heterocycles. The highest BCUT2D eigenvalue weighted by atomic mass is 32.2. The molecule has 21 heavy (non-hydrogen) atoms. The number of sulfonamides is 1. The van der Waals surface area contributed by atoms with Crippen molar-refractivity contribution >= 4 is 32.9 Å². The second kappa shape index (κ2) is 6.56. The number of rotatable bonds is 6. The van der Waals surface area contributed by atoms with Crippen LogP contribution in [-0.2, 0) is 10.0 Å². The number of thiocarbonyl (C=S) groups is 1. The predicted octanol–water partition coefficient (Wildman–Crippen LogP) is 2.54. The molecule has 0 saturated carbocycles. The highest BCUT2D eigenvalue weighted by molar-refractivity contribution is 7.92. The fourth-order valence-electron chi connectivity index (χ4n) is 1.49. The summed E-state index contributed by atoms with van der Waals surface area (Å²) >= 11 is 4.66.